The van der Waals surface area contributed by atoms with Gasteiger partial charge in [-0.3, -0.25) is 15.1 Å². The van der Waals surface area contributed by atoms with Crippen LogP contribution in [0.25, 0.3) is 10.9 Å². The first kappa shape index (κ1) is 15.3. The van der Waals surface area contributed by atoms with Gasteiger partial charge in [-0.1, -0.05) is 6.07 Å². The fraction of sp³-hybridized carbons (Fsp3) is 0.375. The van der Waals surface area contributed by atoms with Gasteiger partial charge in [0.2, 0.25) is 5.91 Å². The van der Waals surface area contributed by atoms with E-state index in [9.17, 15) is 4.79 Å². The van der Waals surface area contributed by atoms with Gasteiger partial charge in [-0.15, -0.1) is 0 Å². The second kappa shape index (κ2) is 6.10. The van der Waals surface area contributed by atoms with Crippen LogP contribution in [0.3, 0.4) is 0 Å². The first-order chi connectivity index (χ1) is 9.90. The molecule has 0 aliphatic heterocycles. The average Bonchev–Trinajstić information content (AvgIpc) is 2.44. The lowest BCUT2D eigenvalue weighted by molar-refractivity contribution is -0.125. The summed E-state index contributed by atoms with van der Waals surface area (Å²) in [4.78, 5) is 15.9. The van der Waals surface area contributed by atoms with Gasteiger partial charge in [0.15, 0.2) is 0 Å². The van der Waals surface area contributed by atoms with E-state index in [1.807, 2.05) is 44.2 Å². The third-order valence-corrected chi connectivity index (χ3v) is 3.26. The van der Waals surface area contributed by atoms with E-state index in [2.05, 4.69) is 10.3 Å². The van der Waals surface area contributed by atoms with Crippen LogP contribution in [0.5, 0.6) is 5.75 Å². The van der Waals surface area contributed by atoms with E-state index in [1.165, 1.54) is 0 Å². The third-order valence-electron chi connectivity index (χ3n) is 3.26. The molecule has 0 saturated carbocycles. The van der Waals surface area contributed by atoms with Crippen LogP contribution in [0, 0.1) is 0 Å². The van der Waals surface area contributed by atoms with Crippen molar-refractivity contribution in [1.29, 1.82) is 0 Å². The van der Waals surface area contributed by atoms with E-state index >= 15 is 0 Å². The number of primary amides is 1. The molecule has 0 saturated heterocycles. The Bertz CT molecular complexity index is 642. The Balaban J connectivity index is 2.13. The minimum atomic E-state index is -0.909. The highest BCUT2D eigenvalue weighted by atomic mass is 16.5. The zero-order chi connectivity index (χ0) is 15.5. The van der Waals surface area contributed by atoms with Crippen LogP contribution in [-0.4, -0.2) is 29.1 Å². The number of hydrogen-bond donors (Lipinski definition) is 2. The number of aromatic nitrogens is 1. The van der Waals surface area contributed by atoms with Crippen molar-refractivity contribution in [2.75, 3.05) is 6.61 Å². The number of nitrogens with two attached hydrogens (primary N) is 1. The van der Waals surface area contributed by atoms with Crippen molar-refractivity contribution in [2.24, 2.45) is 5.73 Å². The molecule has 2 rings (SSSR count). The zero-order valence-corrected chi connectivity index (χ0v) is 12.6. The van der Waals surface area contributed by atoms with Crippen molar-refractivity contribution < 1.29 is 9.53 Å². The summed E-state index contributed by atoms with van der Waals surface area (Å²) in [7, 11) is 0. The normalized spacial score (nSPS) is 14.1. The van der Waals surface area contributed by atoms with Crippen molar-refractivity contribution in [3.63, 3.8) is 0 Å². The maximum absolute atomic E-state index is 11.7. The molecular weight excluding hydrogens is 266 g/mol. The van der Waals surface area contributed by atoms with Crippen LogP contribution in [-0.2, 0) is 4.79 Å². The smallest absolute Gasteiger partial charge is 0.240 e. The van der Waals surface area contributed by atoms with Crippen LogP contribution in [0.1, 0.15) is 20.8 Å². The summed E-state index contributed by atoms with van der Waals surface area (Å²) < 4.78 is 5.74. The quantitative estimate of drug-likeness (QED) is 0.850. The summed E-state index contributed by atoms with van der Waals surface area (Å²) in [6.07, 6.45) is 1.74. The Morgan fingerprint density at radius 2 is 2.19 bits per heavy atom. The minimum absolute atomic E-state index is 0.129. The molecular formula is C16H21N3O2. The van der Waals surface area contributed by atoms with Gasteiger partial charge in [-0.05, 0) is 39.0 Å². The number of pyridine rings is 1. The predicted octanol–water partition coefficient (Wildman–Crippen LogP) is 1.86. The van der Waals surface area contributed by atoms with Gasteiger partial charge >= 0.3 is 0 Å². The van der Waals surface area contributed by atoms with Gasteiger partial charge < -0.3 is 10.5 Å². The van der Waals surface area contributed by atoms with Crippen molar-refractivity contribution in [2.45, 2.75) is 32.4 Å². The molecule has 0 spiro atoms. The van der Waals surface area contributed by atoms with E-state index in [4.69, 9.17) is 10.5 Å². The molecule has 112 valence electrons. The lowest BCUT2D eigenvalue weighted by Crippen LogP contribution is -2.59. The molecule has 1 aromatic carbocycles. The predicted molar refractivity (Wildman–Crippen MR) is 83.1 cm³/mol. The van der Waals surface area contributed by atoms with E-state index < -0.39 is 11.4 Å². The topological polar surface area (TPSA) is 77.2 Å². The van der Waals surface area contributed by atoms with Crippen LogP contribution < -0.4 is 15.8 Å². The van der Waals surface area contributed by atoms with E-state index in [0.29, 0.717) is 5.75 Å². The Labute approximate surface area is 124 Å². The summed E-state index contributed by atoms with van der Waals surface area (Å²) in [5.74, 6) is 0.231. The van der Waals surface area contributed by atoms with Gasteiger partial charge in [0.1, 0.15) is 17.9 Å². The minimum Gasteiger partial charge on any atom is -0.491 e. The molecule has 1 aromatic heterocycles. The lowest BCUT2D eigenvalue weighted by atomic mass is 10.0. The zero-order valence-electron chi connectivity index (χ0n) is 12.6. The number of nitrogens with zero attached hydrogens (tertiary/aromatic N) is 1. The fourth-order valence-corrected chi connectivity index (χ4v) is 2.18. The molecule has 2 aromatic rings. The van der Waals surface area contributed by atoms with Crippen LogP contribution >= 0.6 is 0 Å². The third kappa shape index (κ3) is 3.70. The number of benzene rings is 1. The van der Waals surface area contributed by atoms with Crippen LogP contribution in [0.2, 0.25) is 0 Å². The monoisotopic (exact) mass is 287 g/mol. The van der Waals surface area contributed by atoms with E-state index in [1.54, 1.807) is 13.1 Å². The summed E-state index contributed by atoms with van der Waals surface area (Å²) in [5.41, 5.74) is 5.42. The molecule has 21 heavy (non-hydrogen) atoms. The van der Waals surface area contributed by atoms with Crippen LogP contribution in [0.15, 0.2) is 36.5 Å². The molecule has 5 heteroatoms. The number of carbonyl (C=O) groups is 1. The van der Waals surface area contributed by atoms with Gasteiger partial charge in [0.05, 0.1) is 5.52 Å². The number of carbonyl (C=O) groups excluding carboxylic acids is 1. The first-order valence-corrected chi connectivity index (χ1v) is 6.96. The Morgan fingerprint density at radius 1 is 1.43 bits per heavy atom. The molecule has 1 heterocycles. The van der Waals surface area contributed by atoms with Crippen molar-refractivity contribution >= 4 is 16.8 Å². The molecule has 0 fully saturated rings. The lowest BCUT2D eigenvalue weighted by Gasteiger charge is -2.29. The number of amides is 1. The molecule has 5 nitrogen and oxygen atoms in total. The SMILES string of the molecule is CC(C)NC(C)(COc1ccc2cccnc2c1)C(N)=O. The van der Waals surface area contributed by atoms with Gasteiger partial charge in [0, 0.05) is 23.7 Å². The highest BCUT2D eigenvalue weighted by Gasteiger charge is 2.32. The molecule has 1 unspecified atom stereocenters. The summed E-state index contributed by atoms with van der Waals surface area (Å²) in [6.45, 7) is 5.83. The average molecular weight is 287 g/mol. The molecule has 0 aliphatic carbocycles. The van der Waals surface area contributed by atoms with Crippen molar-refractivity contribution in [1.82, 2.24) is 10.3 Å². The van der Waals surface area contributed by atoms with Crippen LogP contribution in [0.4, 0.5) is 0 Å². The largest absolute Gasteiger partial charge is 0.491 e. The highest BCUT2D eigenvalue weighted by Crippen LogP contribution is 2.20. The second-order valence-electron chi connectivity index (χ2n) is 5.64. The molecule has 3 N–H and O–H groups in total. The number of rotatable bonds is 6. The summed E-state index contributed by atoms with van der Waals surface area (Å²) in [6, 6.07) is 9.66. The molecule has 1 amide bonds. The Kier molecular flexibility index (Phi) is 4.43. The number of fused-ring (bicyclic) bond motifs is 1. The Hall–Kier alpha value is -2.14. The molecule has 0 radical (unpaired) electrons. The molecule has 1 atom stereocenters. The molecule has 0 bridgehead atoms. The first-order valence-electron chi connectivity index (χ1n) is 6.96. The summed E-state index contributed by atoms with van der Waals surface area (Å²) >= 11 is 0. The number of hydrogen-bond acceptors (Lipinski definition) is 4. The fourth-order valence-electron chi connectivity index (χ4n) is 2.18. The van der Waals surface area contributed by atoms with Crippen molar-refractivity contribution in [3.05, 3.63) is 36.5 Å². The Morgan fingerprint density at radius 3 is 2.86 bits per heavy atom. The molecule has 0 aliphatic rings. The maximum atomic E-state index is 11.7. The second-order valence-corrected chi connectivity index (χ2v) is 5.64. The maximum Gasteiger partial charge on any atom is 0.240 e. The van der Waals surface area contributed by atoms with E-state index in [0.717, 1.165) is 10.9 Å². The van der Waals surface area contributed by atoms with Gasteiger partial charge in [0.25, 0.3) is 0 Å². The van der Waals surface area contributed by atoms with Gasteiger partial charge in [-0.2, -0.15) is 0 Å². The van der Waals surface area contributed by atoms with E-state index in [-0.39, 0.29) is 12.6 Å². The highest BCUT2D eigenvalue weighted by molar-refractivity contribution is 5.84. The van der Waals surface area contributed by atoms with Gasteiger partial charge in [-0.25, -0.2) is 0 Å². The number of nitrogens with one attached hydrogen (secondary N) is 1. The van der Waals surface area contributed by atoms with Crippen molar-refractivity contribution in [3.8, 4) is 5.75 Å². The standard InChI is InChI=1S/C16H21N3O2/c1-11(2)19-16(3,15(17)20)10-21-13-7-6-12-5-4-8-18-14(12)9-13/h4-9,11,19H,10H2,1-3H3,(H2,17,20). The summed E-state index contributed by atoms with van der Waals surface area (Å²) in [5, 5.41) is 4.19. The number of ether oxygens (including phenoxy) is 1.